The monoisotopic (exact) mass is 461 g/mol. The Balaban J connectivity index is 1.37. The van der Waals surface area contributed by atoms with Crippen molar-refractivity contribution in [2.75, 3.05) is 30.1 Å². The van der Waals surface area contributed by atoms with E-state index in [0.29, 0.717) is 12.1 Å². The zero-order valence-corrected chi connectivity index (χ0v) is 19.2. The van der Waals surface area contributed by atoms with Gasteiger partial charge in [0.2, 0.25) is 0 Å². The van der Waals surface area contributed by atoms with Crippen LogP contribution in [0.1, 0.15) is 33.1 Å². The molecular formula is C25H30F3N3O2. The van der Waals surface area contributed by atoms with E-state index in [0.717, 1.165) is 43.1 Å². The van der Waals surface area contributed by atoms with E-state index in [1.807, 2.05) is 37.3 Å². The van der Waals surface area contributed by atoms with Crippen molar-refractivity contribution in [3.63, 3.8) is 0 Å². The predicted octanol–water partition coefficient (Wildman–Crippen LogP) is 5.90. The minimum absolute atomic E-state index is 0.0998. The lowest BCUT2D eigenvalue weighted by molar-refractivity contribution is -0.0620. The van der Waals surface area contributed by atoms with Crippen molar-refractivity contribution in [2.24, 2.45) is 11.0 Å². The summed E-state index contributed by atoms with van der Waals surface area (Å²) < 4.78 is 51.4. The van der Waals surface area contributed by atoms with Crippen LogP contribution in [-0.4, -0.2) is 44.2 Å². The zero-order valence-electron chi connectivity index (χ0n) is 19.2. The summed E-state index contributed by atoms with van der Waals surface area (Å²) >= 11 is 0. The van der Waals surface area contributed by atoms with Crippen molar-refractivity contribution in [3.8, 4) is 11.5 Å². The number of hydrazone groups is 1. The number of methoxy groups -OCH3 is 1. The van der Waals surface area contributed by atoms with Gasteiger partial charge >= 0.3 is 6.18 Å². The molecule has 1 saturated heterocycles. The van der Waals surface area contributed by atoms with E-state index in [2.05, 4.69) is 16.1 Å². The normalized spacial score (nSPS) is 21.8. The fourth-order valence-corrected chi connectivity index (χ4v) is 4.67. The molecule has 8 heteroatoms. The zero-order chi connectivity index (χ0) is 23.6. The molecule has 2 aromatic carbocycles. The van der Waals surface area contributed by atoms with Crippen LogP contribution in [0, 0.1) is 5.92 Å². The highest BCUT2D eigenvalue weighted by Gasteiger charge is 2.47. The number of nitrogens with zero attached hydrogens (tertiary/aromatic N) is 3. The number of hydrogen-bond donors (Lipinski definition) is 0. The first kappa shape index (κ1) is 23.3. The maximum atomic E-state index is 13.3. The summed E-state index contributed by atoms with van der Waals surface area (Å²) in [5, 5.41) is 5.43. The van der Waals surface area contributed by atoms with Gasteiger partial charge in [-0.2, -0.15) is 18.3 Å². The molecule has 0 amide bonds. The van der Waals surface area contributed by atoms with Gasteiger partial charge in [-0.25, -0.2) is 0 Å². The molecule has 2 aliphatic rings. The van der Waals surface area contributed by atoms with E-state index >= 15 is 0 Å². The van der Waals surface area contributed by atoms with Crippen LogP contribution in [0.3, 0.4) is 0 Å². The SMILES string of the molecule is CC[C@H]1C(C)C(C(F)(F)F)=NN1c1ccc(OC2CCN(c3cccc(OC)c3)CC2)cc1. The van der Waals surface area contributed by atoms with E-state index in [4.69, 9.17) is 9.47 Å². The average molecular weight is 462 g/mol. The number of anilines is 2. The molecule has 33 heavy (non-hydrogen) atoms. The summed E-state index contributed by atoms with van der Waals surface area (Å²) in [7, 11) is 1.67. The van der Waals surface area contributed by atoms with Crippen LogP contribution in [0.15, 0.2) is 53.6 Å². The molecule has 0 aromatic heterocycles. The van der Waals surface area contributed by atoms with Crippen LogP contribution in [0.5, 0.6) is 11.5 Å². The van der Waals surface area contributed by atoms with E-state index in [1.54, 1.807) is 26.2 Å². The van der Waals surface area contributed by atoms with Crippen LogP contribution < -0.4 is 19.4 Å². The molecule has 0 radical (unpaired) electrons. The minimum Gasteiger partial charge on any atom is -0.497 e. The molecule has 0 spiro atoms. The lowest BCUT2D eigenvalue weighted by atomic mass is 9.95. The van der Waals surface area contributed by atoms with Crippen molar-refractivity contribution in [2.45, 2.75) is 51.4 Å². The van der Waals surface area contributed by atoms with E-state index in [1.165, 1.54) is 5.01 Å². The molecule has 1 fully saturated rings. The van der Waals surface area contributed by atoms with E-state index in [-0.39, 0.29) is 12.1 Å². The highest BCUT2D eigenvalue weighted by molar-refractivity contribution is 5.95. The van der Waals surface area contributed by atoms with Crippen LogP contribution >= 0.6 is 0 Å². The van der Waals surface area contributed by atoms with Gasteiger partial charge in [0.15, 0.2) is 0 Å². The van der Waals surface area contributed by atoms with E-state index < -0.39 is 17.8 Å². The number of hydrogen-bond acceptors (Lipinski definition) is 5. The number of ether oxygens (including phenoxy) is 2. The largest absolute Gasteiger partial charge is 0.497 e. The number of alkyl halides is 3. The summed E-state index contributed by atoms with van der Waals surface area (Å²) in [6.07, 6.45) is -1.96. The molecule has 178 valence electrons. The highest BCUT2D eigenvalue weighted by Crippen LogP contribution is 2.37. The van der Waals surface area contributed by atoms with Crippen LogP contribution in [-0.2, 0) is 0 Å². The molecule has 2 atom stereocenters. The average Bonchev–Trinajstić information content (AvgIpc) is 3.16. The third-order valence-corrected chi connectivity index (χ3v) is 6.51. The van der Waals surface area contributed by atoms with Crippen LogP contribution in [0.25, 0.3) is 0 Å². The smallest absolute Gasteiger partial charge is 0.431 e. The van der Waals surface area contributed by atoms with Gasteiger partial charge in [0, 0.05) is 43.6 Å². The van der Waals surface area contributed by atoms with Gasteiger partial charge in [0.1, 0.15) is 23.3 Å². The predicted molar refractivity (Wildman–Crippen MR) is 125 cm³/mol. The molecule has 1 unspecified atom stereocenters. The Kier molecular flexibility index (Phi) is 6.72. The molecule has 0 N–H and O–H groups in total. The summed E-state index contributed by atoms with van der Waals surface area (Å²) in [4.78, 5) is 2.32. The fraction of sp³-hybridized carbons (Fsp3) is 0.480. The summed E-state index contributed by atoms with van der Waals surface area (Å²) in [6.45, 7) is 5.25. The van der Waals surface area contributed by atoms with Gasteiger partial charge in [-0.05, 0) is 42.8 Å². The van der Waals surface area contributed by atoms with Gasteiger partial charge in [0.25, 0.3) is 0 Å². The Hall–Kier alpha value is -2.90. The lowest BCUT2D eigenvalue weighted by Crippen LogP contribution is -2.38. The van der Waals surface area contributed by atoms with Gasteiger partial charge in [-0.1, -0.05) is 19.9 Å². The highest BCUT2D eigenvalue weighted by atomic mass is 19.4. The Labute approximate surface area is 192 Å². The second kappa shape index (κ2) is 9.53. The molecule has 2 aliphatic heterocycles. The molecule has 0 bridgehead atoms. The topological polar surface area (TPSA) is 37.3 Å². The Morgan fingerprint density at radius 1 is 1.00 bits per heavy atom. The van der Waals surface area contributed by atoms with Crippen LogP contribution in [0.4, 0.5) is 24.5 Å². The quantitative estimate of drug-likeness (QED) is 0.537. The first-order valence-electron chi connectivity index (χ1n) is 11.4. The van der Waals surface area contributed by atoms with Crippen molar-refractivity contribution < 1.29 is 22.6 Å². The second-order valence-electron chi connectivity index (χ2n) is 8.59. The third kappa shape index (κ3) is 5.04. The molecule has 0 saturated carbocycles. The van der Waals surface area contributed by atoms with Gasteiger partial charge in [-0.15, -0.1) is 0 Å². The van der Waals surface area contributed by atoms with Gasteiger partial charge < -0.3 is 14.4 Å². The molecular weight excluding hydrogens is 431 g/mol. The van der Waals surface area contributed by atoms with Crippen molar-refractivity contribution in [1.82, 2.24) is 0 Å². The van der Waals surface area contributed by atoms with Crippen molar-refractivity contribution in [1.29, 1.82) is 0 Å². The third-order valence-electron chi connectivity index (χ3n) is 6.51. The van der Waals surface area contributed by atoms with Gasteiger partial charge in [0.05, 0.1) is 18.8 Å². The molecule has 5 nitrogen and oxygen atoms in total. The van der Waals surface area contributed by atoms with Crippen LogP contribution in [0.2, 0.25) is 0 Å². The molecule has 0 aliphatic carbocycles. The number of benzene rings is 2. The standard InChI is InChI=1S/C25H30F3N3O2/c1-4-23-17(2)24(25(26,27)28)29-31(23)18-8-10-20(11-9-18)33-21-12-14-30(15-13-21)19-6-5-7-22(16-19)32-3/h5-11,16-17,21,23H,4,12-15H2,1-3H3/t17?,23-/m0/s1. The minimum atomic E-state index is -4.41. The second-order valence-corrected chi connectivity index (χ2v) is 8.59. The number of rotatable bonds is 6. The maximum Gasteiger partial charge on any atom is 0.431 e. The Bertz CT molecular complexity index is 970. The molecule has 4 rings (SSSR count). The first-order chi connectivity index (χ1) is 15.8. The fourth-order valence-electron chi connectivity index (χ4n) is 4.67. The Morgan fingerprint density at radius 3 is 2.30 bits per heavy atom. The van der Waals surface area contributed by atoms with E-state index in [9.17, 15) is 13.2 Å². The lowest BCUT2D eigenvalue weighted by Gasteiger charge is -2.34. The summed E-state index contributed by atoms with van der Waals surface area (Å²) in [6, 6.07) is 15.0. The first-order valence-corrected chi connectivity index (χ1v) is 11.4. The van der Waals surface area contributed by atoms with Crippen molar-refractivity contribution >= 4 is 17.1 Å². The summed E-state index contributed by atoms with van der Waals surface area (Å²) in [5.74, 6) is 0.898. The molecule has 2 aromatic rings. The number of halogens is 3. The maximum absolute atomic E-state index is 13.3. The summed E-state index contributed by atoms with van der Waals surface area (Å²) in [5.41, 5.74) is 1.08. The number of piperidine rings is 1. The van der Waals surface area contributed by atoms with Crippen molar-refractivity contribution in [3.05, 3.63) is 48.5 Å². The molecule has 2 heterocycles. The Morgan fingerprint density at radius 2 is 1.70 bits per heavy atom. The van der Waals surface area contributed by atoms with Gasteiger partial charge in [-0.3, -0.25) is 5.01 Å².